The molecule has 5 rings (SSSR count). The Morgan fingerprint density at radius 3 is 2.19 bits per heavy atom. The molecule has 4 aromatic rings. The van der Waals surface area contributed by atoms with Crippen molar-refractivity contribution >= 4 is 12.2 Å². The molecule has 7 nitrogen and oxygen atoms in total. The maximum atomic E-state index is 13.7. The average Bonchev–Trinajstić information content (AvgIpc) is 3.22. The van der Waals surface area contributed by atoms with Gasteiger partial charge in [0.2, 0.25) is 5.88 Å². The molecule has 8 heteroatoms. The first-order chi connectivity index (χ1) is 15.5. The number of pyridine rings is 1. The van der Waals surface area contributed by atoms with Crippen molar-refractivity contribution in [3.05, 3.63) is 104 Å². The van der Waals surface area contributed by atoms with Crippen LogP contribution in [0.15, 0.2) is 71.7 Å². The third-order valence-corrected chi connectivity index (χ3v) is 5.95. The van der Waals surface area contributed by atoms with Crippen LogP contribution < -0.4 is 5.56 Å². The van der Waals surface area contributed by atoms with Gasteiger partial charge in [0.05, 0.1) is 23.7 Å². The fourth-order valence-corrected chi connectivity index (χ4v) is 4.38. The van der Waals surface area contributed by atoms with Crippen LogP contribution in [0.5, 0.6) is 11.6 Å². The molecule has 0 bridgehead atoms. The number of benzene rings is 2. The molecule has 0 aliphatic carbocycles. The van der Waals surface area contributed by atoms with Gasteiger partial charge < -0.3 is 14.9 Å². The Morgan fingerprint density at radius 1 is 0.969 bits per heavy atom. The second kappa shape index (κ2) is 7.74. The molecule has 1 aliphatic heterocycles. The summed E-state index contributed by atoms with van der Waals surface area (Å²) in [5.74, 6) is -0.381. The van der Waals surface area contributed by atoms with E-state index in [1.165, 1.54) is 9.13 Å². The Kier molecular flexibility index (Phi) is 4.88. The fourth-order valence-electron chi connectivity index (χ4n) is 4.00. The molecular formula is C24H19N3O4S. The normalized spacial score (nSPS) is 15.0. The van der Waals surface area contributed by atoms with Crippen molar-refractivity contribution < 1.29 is 14.9 Å². The molecule has 32 heavy (non-hydrogen) atoms. The Labute approximate surface area is 188 Å². The lowest BCUT2D eigenvalue weighted by Crippen LogP contribution is -2.29. The molecule has 0 spiro atoms. The quantitative estimate of drug-likeness (QED) is 0.462. The van der Waals surface area contributed by atoms with Crippen LogP contribution in [0.1, 0.15) is 28.5 Å². The maximum absolute atomic E-state index is 13.7. The van der Waals surface area contributed by atoms with Gasteiger partial charge in [0.25, 0.3) is 5.56 Å². The predicted octanol–water partition coefficient (Wildman–Crippen LogP) is 4.09. The van der Waals surface area contributed by atoms with Gasteiger partial charge in [0, 0.05) is 17.3 Å². The van der Waals surface area contributed by atoms with Crippen molar-refractivity contribution in [3.63, 3.8) is 0 Å². The minimum atomic E-state index is -0.972. The summed E-state index contributed by atoms with van der Waals surface area (Å²) >= 11 is 5.66. The number of aryl methyl sites for hydroxylation is 1. The number of rotatable bonds is 3. The first-order valence-corrected chi connectivity index (χ1v) is 10.4. The molecule has 2 aromatic carbocycles. The van der Waals surface area contributed by atoms with Crippen LogP contribution in [0, 0.1) is 11.7 Å². The standard InChI is InChI=1S/C24H19N3O4S/c1-14-20(28)18-15(12-25-14)13-31-21(18)19-22(29)26(16-8-4-2-5-9-16)24(32)27(23(19)30)17-10-6-3-7-11-17/h2-12,21,28-29H,13H2,1H3/t21-/m1/s1. The van der Waals surface area contributed by atoms with E-state index in [-0.39, 0.29) is 28.6 Å². The summed E-state index contributed by atoms with van der Waals surface area (Å²) in [7, 11) is 0. The minimum absolute atomic E-state index is 0.00837. The minimum Gasteiger partial charge on any atom is -0.506 e. The van der Waals surface area contributed by atoms with Gasteiger partial charge in [-0.1, -0.05) is 36.4 Å². The van der Waals surface area contributed by atoms with E-state index in [2.05, 4.69) is 4.98 Å². The van der Waals surface area contributed by atoms with Gasteiger partial charge in [0.15, 0.2) is 4.77 Å². The van der Waals surface area contributed by atoms with Crippen LogP contribution in [0.3, 0.4) is 0 Å². The number of aromatic hydroxyl groups is 2. The Hall–Kier alpha value is -3.75. The van der Waals surface area contributed by atoms with Crippen molar-refractivity contribution in [2.24, 2.45) is 0 Å². The molecule has 160 valence electrons. The highest BCUT2D eigenvalue weighted by Crippen LogP contribution is 2.43. The van der Waals surface area contributed by atoms with Crippen molar-refractivity contribution in [2.45, 2.75) is 19.6 Å². The molecule has 0 fully saturated rings. The van der Waals surface area contributed by atoms with Gasteiger partial charge in [-0.2, -0.15) is 0 Å². The highest BCUT2D eigenvalue weighted by Gasteiger charge is 2.35. The Balaban J connectivity index is 1.87. The Bertz CT molecular complexity index is 1450. The smallest absolute Gasteiger partial charge is 0.269 e. The van der Waals surface area contributed by atoms with Crippen molar-refractivity contribution in [1.82, 2.24) is 14.1 Å². The summed E-state index contributed by atoms with van der Waals surface area (Å²) in [6.45, 7) is 1.83. The number of hydrogen-bond donors (Lipinski definition) is 2. The van der Waals surface area contributed by atoms with Gasteiger partial charge in [-0.05, 0) is 43.4 Å². The molecule has 0 unspecified atom stereocenters. The zero-order chi connectivity index (χ0) is 22.4. The topological polar surface area (TPSA) is 89.5 Å². The van der Waals surface area contributed by atoms with E-state index in [0.29, 0.717) is 28.2 Å². The van der Waals surface area contributed by atoms with Crippen molar-refractivity contribution in [1.29, 1.82) is 0 Å². The third kappa shape index (κ3) is 3.04. The third-order valence-electron chi connectivity index (χ3n) is 5.59. The van der Waals surface area contributed by atoms with Gasteiger partial charge in [-0.25, -0.2) is 0 Å². The molecule has 0 radical (unpaired) electrons. The zero-order valence-corrected chi connectivity index (χ0v) is 17.9. The van der Waals surface area contributed by atoms with E-state index < -0.39 is 11.7 Å². The maximum Gasteiger partial charge on any atom is 0.269 e. The monoisotopic (exact) mass is 445 g/mol. The summed E-state index contributed by atoms with van der Waals surface area (Å²) in [6, 6.07) is 18.0. The highest BCUT2D eigenvalue weighted by molar-refractivity contribution is 7.71. The van der Waals surface area contributed by atoms with Crippen LogP contribution in [0.25, 0.3) is 11.4 Å². The SMILES string of the molecule is Cc1ncc2c(c1O)[C@H](c1c(O)n(-c3ccccc3)c(=S)n(-c3ccccc3)c1=O)OC2. The van der Waals surface area contributed by atoms with Crippen LogP contribution in [-0.2, 0) is 11.3 Å². The van der Waals surface area contributed by atoms with E-state index in [0.717, 1.165) is 0 Å². The molecule has 1 aliphatic rings. The van der Waals surface area contributed by atoms with E-state index in [1.54, 1.807) is 49.5 Å². The summed E-state index contributed by atoms with van der Waals surface area (Å²) in [5, 5.41) is 22.0. The number of nitrogens with zero attached hydrogens (tertiary/aromatic N) is 3. The van der Waals surface area contributed by atoms with Crippen molar-refractivity contribution in [3.8, 4) is 23.0 Å². The first-order valence-electron chi connectivity index (χ1n) is 9.99. The largest absolute Gasteiger partial charge is 0.506 e. The van der Waals surface area contributed by atoms with Crippen LogP contribution in [-0.4, -0.2) is 24.3 Å². The van der Waals surface area contributed by atoms with E-state index >= 15 is 0 Å². The van der Waals surface area contributed by atoms with E-state index in [1.807, 2.05) is 24.3 Å². The lowest BCUT2D eigenvalue weighted by atomic mass is 10.00. The first kappa shape index (κ1) is 20.2. The highest BCUT2D eigenvalue weighted by atomic mass is 32.1. The average molecular weight is 446 g/mol. The number of aromatic nitrogens is 3. The molecule has 3 heterocycles. The van der Waals surface area contributed by atoms with Crippen LogP contribution in [0.4, 0.5) is 0 Å². The van der Waals surface area contributed by atoms with Crippen molar-refractivity contribution in [2.75, 3.05) is 0 Å². The second-order valence-corrected chi connectivity index (χ2v) is 7.85. The summed E-state index contributed by atoms with van der Waals surface area (Å²) in [5.41, 5.74) is 2.13. The van der Waals surface area contributed by atoms with Crippen LogP contribution >= 0.6 is 12.2 Å². The fraction of sp³-hybridized carbons (Fsp3) is 0.125. The van der Waals surface area contributed by atoms with Crippen LogP contribution in [0.2, 0.25) is 0 Å². The molecule has 0 saturated carbocycles. The molecule has 1 atom stereocenters. The number of para-hydroxylation sites is 2. The predicted molar refractivity (Wildman–Crippen MR) is 121 cm³/mol. The summed E-state index contributed by atoms with van der Waals surface area (Å²) < 4.78 is 8.82. The number of hydrogen-bond acceptors (Lipinski definition) is 6. The second-order valence-electron chi connectivity index (χ2n) is 7.49. The number of ether oxygens (including phenoxy) is 1. The van der Waals surface area contributed by atoms with E-state index in [9.17, 15) is 15.0 Å². The lowest BCUT2D eigenvalue weighted by Gasteiger charge is -2.21. The molecule has 2 aromatic heterocycles. The zero-order valence-electron chi connectivity index (χ0n) is 17.1. The van der Waals surface area contributed by atoms with E-state index in [4.69, 9.17) is 17.0 Å². The lowest BCUT2D eigenvalue weighted by molar-refractivity contribution is 0.0890. The number of fused-ring (bicyclic) bond motifs is 1. The van der Waals surface area contributed by atoms with Gasteiger partial charge in [0.1, 0.15) is 17.4 Å². The molecule has 2 N–H and O–H groups in total. The molecular weight excluding hydrogens is 426 g/mol. The van der Waals surface area contributed by atoms with Gasteiger partial charge in [-0.15, -0.1) is 0 Å². The molecule has 0 saturated heterocycles. The Morgan fingerprint density at radius 2 is 1.56 bits per heavy atom. The summed E-state index contributed by atoms with van der Waals surface area (Å²) in [6.07, 6.45) is 0.642. The molecule has 0 amide bonds. The summed E-state index contributed by atoms with van der Waals surface area (Å²) in [4.78, 5) is 17.9. The van der Waals surface area contributed by atoms with Gasteiger partial charge >= 0.3 is 0 Å². The van der Waals surface area contributed by atoms with Gasteiger partial charge in [-0.3, -0.25) is 18.9 Å².